The minimum Gasteiger partial charge on any atom is -0.508 e. The average molecular weight is 340 g/mol. The van der Waals surface area contributed by atoms with Crippen LogP contribution in [-0.4, -0.2) is 20.8 Å². The normalized spacial score (nSPS) is 11.6. The molecule has 25 heavy (non-hydrogen) atoms. The van der Waals surface area contributed by atoms with E-state index < -0.39 is 0 Å². The van der Waals surface area contributed by atoms with Crippen LogP contribution >= 0.6 is 0 Å². The van der Waals surface area contributed by atoms with Crippen molar-refractivity contribution in [3.8, 4) is 5.75 Å². The number of aromatic nitrogens is 2. The van der Waals surface area contributed by atoms with Crippen molar-refractivity contribution in [2.24, 2.45) is 5.10 Å². The Morgan fingerprint density at radius 3 is 2.28 bits per heavy atom. The highest BCUT2D eigenvalue weighted by atomic mass is 16.3. The van der Waals surface area contributed by atoms with Crippen molar-refractivity contribution < 1.29 is 5.11 Å². The lowest BCUT2D eigenvalue weighted by Crippen LogP contribution is -2.07. The number of benzene rings is 1. The molecular weight excluding hydrogens is 312 g/mol. The number of phenols is 1. The van der Waals surface area contributed by atoms with E-state index in [1.165, 1.54) is 25.7 Å². The van der Waals surface area contributed by atoms with Crippen LogP contribution in [0.5, 0.6) is 5.75 Å². The lowest BCUT2D eigenvalue weighted by Gasteiger charge is -2.09. The number of aryl methyl sites for hydroxylation is 2. The molecule has 0 fully saturated rings. The van der Waals surface area contributed by atoms with Gasteiger partial charge in [-0.15, -0.1) is 0 Å². The number of anilines is 1. The van der Waals surface area contributed by atoms with Crippen LogP contribution in [0, 0.1) is 13.8 Å². The molecule has 1 heterocycles. The quantitative estimate of drug-likeness (QED) is 0.384. The Morgan fingerprint density at radius 1 is 1.00 bits per heavy atom. The number of hydrogen-bond donors (Lipinski definition) is 2. The minimum absolute atomic E-state index is 0.261. The van der Waals surface area contributed by atoms with Gasteiger partial charge in [0.05, 0.1) is 5.71 Å². The molecule has 0 aliphatic heterocycles. The van der Waals surface area contributed by atoms with Crippen LogP contribution in [0.2, 0.25) is 0 Å². The van der Waals surface area contributed by atoms with Gasteiger partial charge in [0.1, 0.15) is 5.75 Å². The molecule has 2 N–H and O–H groups in total. The maximum atomic E-state index is 9.51. The summed E-state index contributed by atoms with van der Waals surface area (Å²) < 4.78 is 0. The van der Waals surface area contributed by atoms with Gasteiger partial charge < -0.3 is 5.11 Å². The molecule has 1 aromatic carbocycles. The van der Waals surface area contributed by atoms with Gasteiger partial charge in [0, 0.05) is 11.4 Å². The highest BCUT2D eigenvalue weighted by molar-refractivity contribution is 6.00. The largest absolute Gasteiger partial charge is 0.508 e. The van der Waals surface area contributed by atoms with Gasteiger partial charge in [0.15, 0.2) is 0 Å². The summed E-state index contributed by atoms with van der Waals surface area (Å²) in [6, 6.07) is 9.10. The maximum Gasteiger partial charge on any atom is 0.243 e. The van der Waals surface area contributed by atoms with Crippen LogP contribution in [-0.2, 0) is 0 Å². The molecule has 5 nitrogen and oxygen atoms in total. The van der Waals surface area contributed by atoms with Crippen molar-refractivity contribution in [1.29, 1.82) is 0 Å². The summed E-state index contributed by atoms with van der Waals surface area (Å²) in [4.78, 5) is 8.73. The predicted octanol–water partition coefficient (Wildman–Crippen LogP) is 4.98. The fraction of sp³-hybridized carbons (Fsp3) is 0.450. The molecule has 5 heteroatoms. The van der Waals surface area contributed by atoms with Gasteiger partial charge in [-0.25, -0.2) is 15.4 Å². The topological polar surface area (TPSA) is 70.4 Å². The number of unbranched alkanes of at least 4 members (excludes halogenated alkanes) is 4. The number of phenolic OH excluding ortho intramolecular Hbond substituents is 1. The zero-order chi connectivity index (χ0) is 18.1. The van der Waals surface area contributed by atoms with E-state index in [2.05, 4.69) is 27.4 Å². The first-order valence-corrected chi connectivity index (χ1v) is 9.02. The van der Waals surface area contributed by atoms with Crippen molar-refractivity contribution in [2.75, 3.05) is 5.43 Å². The molecule has 0 atom stereocenters. The van der Waals surface area contributed by atoms with E-state index >= 15 is 0 Å². The Hall–Kier alpha value is -2.43. The van der Waals surface area contributed by atoms with Crippen LogP contribution in [0.15, 0.2) is 35.4 Å². The third kappa shape index (κ3) is 6.53. The number of nitrogens with zero attached hydrogens (tertiary/aromatic N) is 3. The number of hydrazone groups is 1. The Balaban J connectivity index is 2.10. The molecule has 0 saturated carbocycles. The standard InChI is InChI=1S/C20H28N4O/c1-4-5-6-7-8-9-19(17-10-12-18(25)13-11-17)23-24-20-21-15(2)14-16(3)22-20/h10-14,25H,4-9H2,1-3H3,(H,21,22,24). The molecular formula is C20H28N4O. The van der Waals surface area contributed by atoms with Gasteiger partial charge in [-0.3, -0.25) is 0 Å². The zero-order valence-electron chi connectivity index (χ0n) is 15.4. The smallest absolute Gasteiger partial charge is 0.243 e. The lowest BCUT2D eigenvalue weighted by atomic mass is 10.0. The first-order valence-electron chi connectivity index (χ1n) is 9.02. The first-order chi connectivity index (χ1) is 12.1. The second kappa shape index (κ2) is 9.77. The molecule has 2 rings (SSSR count). The predicted molar refractivity (Wildman–Crippen MR) is 103 cm³/mol. The van der Waals surface area contributed by atoms with Gasteiger partial charge >= 0.3 is 0 Å². The van der Waals surface area contributed by atoms with Crippen LogP contribution in [0.4, 0.5) is 5.95 Å². The van der Waals surface area contributed by atoms with Gasteiger partial charge in [-0.1, -0.05) is 32.6 Å². The Morgan fingerprint density at radius 2 is 1.64 bits per heavy atom. The number of aromatic hydroxyl groups is 1. The first kappa shape index (κ1) is 18.9. The minimum atomic E-state index is 0.261. The van der Waals surface area contributed by atoms with E-state index in [1.54, 1.807) is 12.1 Å². The summed E-state index contributed by atoms with van der Waals surface area (Å²) in [5, 5.41) is 14.1. The molecule has 0 aliphatic carbocycles. The fourth-order valence-electron chi connectivity index (χ4n) is 2.71. The molecule has 0 saturated heterocycles. The Kier molecular flexibility index (Phi) is 7.38. The summed E-state index contributed by atoms with van der Waals surface area (Å²) in [5.74, 6) is 0.774. The molecule has 2 aromatic rings. The second-order valence-corrected chi connectivity index (χ2v) is 6.36. The second-order valence-electron chi connectivity index (χ2n) is 6.36. The third-order valence-electron chi connectivity index (χ3n) is 3.99. The zero-order valence-corrected chi connectivity index (χ0v) is 15.4. The molecule has 0 spiro atoms. The lowest BCUT2D eigenvalue weighted by molar-refractivity contribution is 0.475. The molecule has 0 radical (unpaired) electrons. The van der Waals surface area contributed by atoms with Crippen LogP contribution < -0.4 is 5.43 Å². The third-order valence-corrected chi connectivity index (χ3v) is 3.99. The molecule has 0 bridgehead atoms. The fourth-order valence-corrected chi connectivity index (χ4v) is 2.71. The van der Waals surface area contributed by atoms with E-state index in [4.69, 9.17) is 0 Å². The van der Waals surface area contributed by atoms with Crippen molar-refractivity contribution >= 4 is 11.7 Å². The highest BCUT2D eigenvalue weighted by Gasteiger charge is 2.06. The van der Waals surface area contributed by atoms with Gasteiger partial charge in [0.25, 0.3) is 0 Å². The number of nitrogens with one attached hydrogen (secondary N) is 1. The van der Waals surface area contributed by atoms with Crippen molar-refractivity contribution in [3.05, 3.63) is 47.3 Å². The summed E-state index contributed by atoms with van der Waals surface area (Å²) in [7, 11) is 0. The van der Waals surface area contributed by atoms with Crippen molar-refractivity contribution in [2.45, 2.75) is 59.3 Å². The SMILES string of the molecule is CCCCCCCC(=NNc1nc(C)cc(C)n1)c1ccc(O)cc1. The molecule has 0 amide bonds. The Labute approximate surface area is 150 Å². The van der Waals surface area contributed by atoms with E-state index in [9.17, 15) is 5.11 Å². The molecule has 0 aliphatic rings. The van der Waals surface area contributed by atoms with Gasteiger partial charge in [0.2, 0.25) is 5.95 Å². The molecule has 1 aromatic heterocycles. The van der Waals surface area contributed by atoms with E-state index in [0.717, 1.165) is 35.5 Å². The summed E-state index contributed by atoms with van der Waals surface area (Å²) >= 11 is 0. The average Bonchev–Trinajstić information content (AvgIpc) is 2.57. The monoisotopic (exact) mass is 340 g/mol. The van der Waals surface area contributed by atoms with Crippen LogP contribution in [0.1, 0.15) is 62.4 Å². The van der Waals surface area contributed by atoms with E-state index in [0.29, 0.717) is 5.95 Å². The van der Waals surface area contributed by atoms with Gasteiger partial charge in [-0.05, 0) is 62.6 Å². The van der Waals surface area contributed by atoms with E-state index in [-0.39, 0.29) is 5.75 Å². The summed E-state index contributed by atoms with van der Waals surface area (Å²) in [6.45, 7) is 6.10. The number of rotatable bonds is 9. The van der Waals surface area contributed by atoms with Crippen LogP contribution in [0.25, 0.3) is 0 Å². The summed E-state index contributed by atoms with van der Waals surface area (Å²) in [6.07, 6.45) is 6.95. The van der Waals surface area contributed by atoms with Crippen molar-refractivity contribution in [3.63, 3.8) is 0 Å². The van der Waals surface area contributed by atoms with E-state index in [1.807, 2.05) is 32.0 Å². The number of hydrogen-bond acceptors (Lipinski definition) is 5. The molecule has 0 unspecified atom stereocenters. The van der Waals surface area contributed by atoms with Crippen LogP contribution in [0.3, 0.4) is 0 Å². The summed E-state index contributed by atoms with van der Waals surface area (Å²) in [5.41, 5.74) is 6.78. The molecule has 134 valence electrons. The van der Waals surface area contributed by atoms with Gasteiger partial charge in [-0.2, -0.15) is 5.10 Å². The highest BCUT2D eigenvalue weighted by Crippen LogP contribution is 2.15. The Bertz CT molecular complexity index is 675. The van der Waals surface area contributed by atoms with Crippen molar-refractivity contribution in [1.82, 2.24) is 9.97 Å². The maximum absolute atomic E-state index is 9.51.